The number of hydrogen-bond donors (Lipinski definition) is 1. The fourth-order valence-electron chi connectivity index (χ4n) is 1.98. The standard InChI is InChI=1S/C18H18N2O4/c1-3-23-18(22)16(20-19)13-8-10-15(11-9-13)24-17(21)14-6-4-12(2)5-7-14/h4-11H,3,19H2,1-2H3/b20-16+. The summed E-state index contributed by atoms with van der Waals surface area (Å²) in [5, 5.41) is 3.46. The summed E-state index contributed by atoms with van der Waals surface area (Å²) in [4.78, 5) is 23.8. The van der Waals surface area contributed by atoms with Crippen molar-refractivity contribution >= 4 is 17.7 Å². The maximum Gasteiger partial charge on any atom is 0.359 e. The van der Waals surface area contributed by atoms with Crippen LogP contribution in [0.1, 0.15) is 28.4 Å². The molecule has 0 radical (unpaired) electrons. The van der Waals surface area contributed by atoms with Crippen LogP contribution in [-0.4, -0.2) is 24.3 Å². The number of carbonyl (C=O) groups excluding carboxylic acids is 2. The van der Waals surface area contributed by atoms with Gasteiger partial charge in [0, 0.05) is 5.56 Å². The highest BCUT2D eigenvalue weighted by molar-refractivity contribution is 6.43. The van der Waals surface area contributed by atoms with Crippen LogP contribution in [0.4, 0.5) is 0 Å². The largest absolute Gasteiger partial charge is 0.461 e. The number of nitrogens with zero attached hydrogens (tertiary/aromatic N) is 1. The number of hydrogen-bond acceptors (Lipinski definition) is 6. The molecule has 0 unspecified atom stereocenters. The summed E-state index contributed by atoms with van der Waals surface area (Å²) in [6, 6.07) is 13.4. The zero-order chi connectivity index (χ0) is 17.5. The van der Waals surface area contributed by atoms with E-state index < -0.39 is 11.9 Å². The first-order chi connectivity index (χ1) is 11.5. The predicted molar refractivity (Wildman–Crippen MR) is 89.9 cm³/mol. The Morgan fingerprint density at radius 3 is 2.12 bits per heavy atom. The van der Waals surface area contributed by atoms with E-state index in [-0.39, 0.29) is 12.3 Å². The van der Waals surface area contributed by atoms with Crippen LogP contribution in [0.15, 0.2) is 53.6 Å². The van der Waals surface area contributed by atoms with Crippen LogP contribution in [0.3, 0.4) is 0 Å². The van der Waals surface area contributed by atoms with Crippen molar-refractivity contribution in [2.24, 2.45) is 10.9 Å². The van der Waals surface area contributed by atoms with Crippen molar-refractivity contribution in [1.29, 1.82) is 0 Å². The number of benzene rings is 2. The van der Waals surface area contributed by atoms with Crippen LogP contribution in [-0.2, 0) is 9.53 Å². The zero-order valence-corrected chi connectivity index (χ0v) is 13.5. The molecule has 2 aromatic rings. The molecular formula is C18H18N2O4. The van der Waals surface area contributed by atoms with Gasteiger partial charge in [0.2, 0.25) is 0 Å². The van der Waals surface area contributed by atoms with Crippen molar-refractivity contribution in [3.63, 3.8) is 0 Å². The number of esters is 2. The Kier molecular flexibility index (Phi) is 5.68. The van der Waals surface area contributed by atoms with Crippen molar-refractivity contribution in [2.45, 2.75) is 13.8 Å². The highest BCUT2D eigenvalue weighted by Crippen LogP contribution is 2.15. The lowest BCUT2D eigenvalue weighted by Gasteiger charge is -2.07. The minimum Gasteiger partial charge on any atom is -0.461 e. The van der Waals surface area contributed by atoms with Gasteiger partial charge in [0.15, 0.2) is 5.71 Å². The van der Waals surface area contributed by atoms with E-state index in [0.717, 1.165) is 5.56 Å². The lowest BCUT2D eigenvalue weighted by molar-refractivity contribution is -0.134. The van der Waals surface area contributed by atoms with Crippen LogP contribution in [0.25, 0.3) is 0 Å². The van der Waals surface area contributed by atoms with E-state index in [1.807, 2.05) is 19.1 Å². The Morgan fingerprint density at radius 2 is 1.58 bits per heavy atom. The van der Waals surface area contributed by atoms with Crippen LogP contribution >= 0.6 is 0 Å². The van der Waals surface area contributed by atoms with Gasteiger partial charge in [0.05, 0.1) is 12.2 Å². The van der Waals surface area contributed by atoms with Gasteiger partial charge < -0.3 is 15.3 Å². The molecule has 0 fully saturated rings. The molecule has 0 saturated carbocycles. The molecule has 0 saturated heterocycles. The quantitative estimate of drug-likeness (QED) is 0.300. The van der Waals surface area contributed by atoms with Crippen molar-refractivity contribution in [2.75, 3.05) is 6.61 Å². The summed E-state index contributed by atoms with van der Waals surface area (Å²) in [5.74, 6) is 4.53. The molecule has 24 heavy (non-hydrogen) atoms. The second kappa shape index (κ2) is 7.92. The molecule has 6 nitrogen and oxygen atoms in total. The third-order valence-electron chi connectivity index (χ3n) is 3.22. The normalized spacial score (nSPS) is 11.0. The molecule has 2 aromatic carbocycles. The molecule has 124 valence electrons. The first kappa shape index (κ1) is 17.2. The molecule has 6 heteroatoms. The predicted octanol–water partition coefficient (Wildman–Crippen LogP) is 2.44. The fraction of sp³-hybridized carbons (Fsp3) is 0.167. The van der Waals surface area contributed by atoms with Gasteiger partial charge in [-0.2, -0.15) is 5.10 Å². The van der Waals surface area contributed by atoms with Gasteiger partial charge in [0.25, 0.3) is 0 Å². The number of carbonyl (C=O) groups is 2. The summed E-state index contributed by atoms with van der Waals surface area (Å²) in [6.07, 6.45) is 0. The minimum absolute atomic E-state index is 0.00765. The molecule has 0 aliphatic carbocycles. The first-order valence-electron chi connectivity index (χ1n) is 7.39. The highest BCUT2D eigenvalue weighted by Gasteiger charge is 2.15. The summed E-state index contributed by atoms with van der Waals surface area (Å²) in [5.41, 5.74) is 2.00. The lowest BCUT2D eigenvalue weighted by Crippen LogP contribution is -2.20. The topological polar surface area (TPSA) is 91.0 Å². The average molecular weight is 326 g/mol. The zero-order valence-electron chi connectivity index (χ0n) is 13.5. The number of hydrazone groups is 1. The van der Waals surface area contributed by atoms with Gasteiger partial charge in [-0.25, -0.2) is 9.59 Å². The number of ether oxygens (including phenoxy) is 2. The first-order valence-corrected chi connectivity index (χ1v) is 7.39. The van der Waals surface area contributed by atoms with Crippen LogP contribution in [0, 0.1) is 6.92 Å². The number of rotatable bonds is 5. The molecular weight excluding hydrogens is 308 g/mol. The Labute approximate surface area is 139 Å². The highest BCUT2D eigenvalue weighted by atomic mass is 16.5. The molecule has 0 aliphatic heterocycles. The molecule has 0 amide bonds. The van der Waals surface area contributed by atoms with Gasteiger partial charge in [-0.3, -0.25) is 0 Å². The van der Waals surface area contributed by atoms with Crippen LogP contribution < -0.4 is 10.6 Å². The van der Waals surface area contributed by atoms with E-state index >= 15 is 0 Å². The smallest absolute Gasteiger partial charge is 0.359 e. The van der Waals surface area contributed by atoms with Crippen molar-refractivity contribution in [3.8, 4) is 5.75 Å². The summed E-state index contributed by atoms with van der Waals surface area (Å²) < 4.78 is 10.2. The average Bonchev–Trinajstić information content (AvgIpc) is 2.58. The third kappa shape index (κ3) is 4.19. The van der Waals surface area contributed by atoms with Gasteiger partial charge in [-0.15, -0.1) is 0 Å². The molecule has 0 atom stereocenters. The van der Waals surface area contributed by atoms with E-state index in [1.165, 1.54) is 0 Å². The maximum absolute atomic E-state index is 12.1. The van der Waals surface area contributed by atoms with E-state index in [4.69, 9.17) is 15.3 Å². The van der Waals surface area contributed by atoms with Gasteiger partial charge >= 0.3 is 11.9 Å². The Hall–Kier alpha value is -3.15. The van der Waals surface area contributed by atoms with Gasteiger partial charge in [-0.05, 0) is 50.2 Å². The fourth-order valence-corrected chi connectivity index (χ4v) is 1.98. The lowest BCUT2D eigenvalue weighted by atomic mass is 10.1. The van der Waals surface area contributed by atoms with Gasteiger partial charge in [-0.1, -0.05) is 17.7 Å². The van der Waals surface area contributed by atoms with Crippen molar-refractivity contribution in [1.82, 2.24) is 0 Å². The van der Waals surface area contributed by atoms with E-state index in [2.05, 4.69) is 5.10 Å². The summed E-state index contributed by atoms with van der Waals surface area (Å²) >= 11 is 0. The van der Waals surface area contributed by atoms with E-state index in [0.29, 0.717) is 16.9 Å². The Balaban J connectivity index is 2.10. The molecule has 0 aliphatic rings. The second-order valence-corrected chi connectivity index (χ2v) is 4.98. The third-order valence-corrected chi connectivity index (χ3v) is 3.22. The Morgan fingerprint density at radius 1 is 1.00 bits per heavy atom. The molecule has 0 heterocycles. The monoisotopic (exact) mass is 326 g/mol. The molecule has 0 bridgehead atoms. The maximum atomic E-state index is 12.1. The van der Waals surface area contributed by atoms with E-state index in [9.17, 15) is 9.59 Å². The SMILES string of the molecule is CCOC(=O)/C(=N/N)c1ccc(OC(=O)c2ccc(C)cc2)cc1. The number of aryl methyl sites for hydroxylation is 1. The van der Waals surface area contributed by atoms with Gasteiger partial charge in [0.1, 0.15) is 5.75 Å². The van der Waals surface area contributed by atoms with Crippen molar-refractivity contribution < 1.29 is 19.1 Å². The second-order valence-electron chi connectivity index (χ2n) is 4.98. The minimum atomic E-state index is -0.607. The van der Waals surface area contributed by atoms with Crippen LogP contribution in [0.5, 0.6) is 5.75 Å². The van der Waals surface area contributed by atoms with Crippen molar-refractivity contribution in [3.05, 3.63) is 65.2 Å². The van der Waals surface area contributed by atoms with Crippen LogP contribution in [0.2, 0.25) is 0 Å². The molecule has 2 rings (SSSR count). The summed E-state index contributed by atoms with van der Waals surface area (Å²) in [6.45, 7) is 3.86. The molecule has 0 aromatic heterocycles. The Bertz CT molecular complexity index is 750. The van der Waals surface area contributed by atoms with E-state index in [1.54, 1.807) is 43.3 Å². The number of nitrogens with two attached hydrogens (primary N) is 1. The summed E-state index contributed by atoms with van der Waals surface area (Å²) in [7, 11) is 0. The molecule has 0 spiro atoms. The molecule has 2 N–H and O–H groups in total.